The van der Waals surface area contributed by atoms with Gasteiger partial charge in [0, 0.05) is 26.1 Å². The minimum atomic E-state index is -0.149. The lowest BCUT2D eigenvalue weighted by molar-refractivity contribution is -0.889. The molecule has 0 fully saturated rings. The van der Waals surface area contributed by atoms with Crippen LogP contribution in [0.25, 0.3) is 0 Å². The van der Waals surface area contributed by atoms with Crippen LogP contribution in [-0.4, -0.2) is 95.2 Å². The number of hydrogen-bond acceptors (Lipinski definition) is 5. The van der Waals surface area contributed by atoms with E-state index in [1.807, 2.05) is 0 Å². The molecule has 0 rings (SSSR count). The number of rotatable bonds is 21. The maximum Gasteiger partial charge on any atom is 0.243 e. The van der Waals surface area contributed by atoms with E-state index in [4.69, 9.17) is 0 Å². The summed E-state index contributed by atoms with van der Waals surface area (Å²) in [6.45, 7) is 14.1. The van der Waals surface area contributed by atoms with E-state index in [1.165, 1.54) is 12.2 Å². The molecule has 0 aliphatic rings. The number of carbonyl (C=O) groups excluding carboxylic acids is 3. The number of amides is 3. The van der Waals surface area contributed by atoms with Crippen molar-refractivity contribution in [2.75, 3.05) is 73.0 Å². The molecule has 0 heterocycles. The quantitative estimate of drug-likeness (QED) is 0.0948. The average molecular weight is 454 g/mol. The van der Waals surface area contributed by atoms with Crippen molar-refractivity contribution >= 4 is 17.7 Å². The Morgan fingerprint density at radius 1 is 0.656 bits per heavy atom. The van der Waals surface area contributed by atoms with Gasteiger partial charge in [-0.2, -0.15) is 0 Å². The minimum Gasteiger partial charge on any atom is -0.356 e. The van der Waals surface area contributed by atoms with Gasteiger partial charge in [-0.15, -0.1) is 0 Å². The molecule has 0 aromatic rings. The molecule has 0 bridgehead atoms. The number of hydrogen-bond donors (Lipinski definition) is 5. The van der Waals surface area contributed by atoms with Crippen molar-refractivity contribution in [3.05, 3.63) is 25.3 Å². The summed E-state index contributed by atoms with van der Waals surface area (Å²) in [5.41, 5.74) is 0. The van der Waals surface area contributed by atoms with Crippen LogP contribution in [0.1, 0.15) is 32.1 Å². The molecule has 0 aliphatic heterocycles. The van der Waals surface area contributed by atoms with Crippen molar-refractivity contribution in [1.29, 1.82) is 0 Å². The molecule has 0 unspecified atom stereocenters. The molecule has 0 aromatic carbocycles. The van der Waals surface area contributed by atoms with Gasteiger partial charge in [-0.05, 0) is 57.6 Å². The fraction of sp³-hybridized carbons (Fsp3) is 0.696. The molecule has 32 heavy (non-hydrogen) atoms. The van der Waals surface area contributed by atoms with Crippen LogP contribution < -0.4 is 26.6 Å². The number of quaternary nitrogens is 1. The highest BCUT2D eigenvalue weighted by atomic mass is 16.2. The monoisotopic (exact) mass is 453 g/mol. The lowest BCUT2D eigenvalue weighted by Gasteiger charge is -2.29. The van der Waals surface area contributed by atoms with Gasteiger partial charge < -0.3 is 31.1 Å². The molecule has 0 atom stereocenters. The van der Waals surface area contributed by atoms with E-state index in [-0.39, 0.29) is 17.7 Å². The molecule has 184 valence electrons. The molecule has 0 spiro atoms. The molecule has 0 saturated heterocycles. The van der Waals surface area contributed by atoms with Crippen LogP contribution in [0.4, 0.5) is 0 Å². The molecular weight excluding hydrogens is 408 g/mol. The lowest BCUT2D eigenvalue weighted by atomic mass is 10.3. The smallest absolute Gasteiger partial charge is 0.243 e. The maximum atomic E-state index is 12.0. The standard InChI is InChI=1S/C23H44N6O3/c1-5-21(30)26-16-8-14-24-12-7-13-25-15-9-17-28-23(32)11-20-29(3,4)19-10-18-27-22(31)6-2/h5-6,24-25H,1-2,7-20H2,3-4H3,(H2-,26,27,28,30,31,32)/p+1. The van der Waals surface area contributed by atoms with E-state index in [2.05, 4.69) is 53.8 Å². The summed E-state index contributed by atoms with van der Waals surface area (Å²) in [4.78, 5) is 34.1. The van der Waals surface area contributed by atoms with Gasteiger partial charge >= 0.3 is 0 Å². The maximum absolute atomic E-state index is 12.0. The Bertz CT molecular complexity index is 566. The Hall–Kier alpha value is -2.23. The van der Waals surface area contributed by atoms with E-state index in [1.54, 1.807) is 0 Å². The highest BCUT2D eigenvalue weighted by Gasteiger charge is 2.16. The Labute approximate surface area is 194 Å². The third-order valence-corrected chi connectivity index (χ3v) is 4.94. The molecule has 0 saturated carbocycles. The second-order valence-corrected chi connectivity index (χ2v) is 8.39. The highest BCUT2D eigenvalue weighted by Crippen LogP contribution is 2.01. The molecule has 0 radical (unpaired) electrons. The van der Waals surface area contributed by atoms with E-state index in [0.29, 0.717) is 26.1 Å². The van der Waals surface area contributed by atoms with Gasteiger partial charge in [0.05, 0.1) is 33.6 Å². The van der Waals surface area contributed by atoms with E-state index >= 15 is 0 Å². The molecule has 9 nitrogen and oxygen atoms in total. The third kappa shape index (κ3) is 19.7. The van der Waals surface area contributed by atoms with Gasteiger partial charge in [0.2, 0.25) is 17.7 Å². The summed E-state index contributed by atoms with van der Waals surface area (Å²) in [6.07, 6.45) is 6.76. The van der Waals surface area contributed by atoms with Crippen molar-refractivity contribution in [3.63, 3.8) is 0 Å². The van der Waals surface area contributed by atoms with Crippen molar-refractivity contribution in [2.24, 2.45) is 0 Å². The minimum absolute atomic E-state index is 0.0876. The molecule has 0 aromatic heterocycles. The SMILES string of the molecule is C=CC(=O)NCCCNCCCNCCCNC(=O)CC[N+](C)(C)CCCNC(=O)C=C. The number of carbonyl (C=O) groups is 3. The summed E-state index contributed by atoms with van der Waals surface area (Å²) in [6, 6.07) is 0. The Kier molecular flexibility index (Phi) is 18.1. The van der Waals surface area contributed by atoms with Crippen LogP contribution in [0, 0.1) is 0 Å². The topological polar surface area (TPSA) is 111 Å². The van der Waals surface area contributed by atoms with E-state index < -0.39 is 0 Å². The number of nitrogens with zero attached hydrogens (tertiary/aromatic N) is 1. The largest absolute Gasteiger partial charge is 0.356 e. The second kappa shape index (κ2) is 19.5. The number of nitrogens with one attached hydrogen (secondary N) is 5. The molecular formula is C23H45N6O3+. The van der Waals surface area contributed by atoms with Gasteiger partial charge in [-0.1, -0.05) is 13.2 Å². The summed E-state index contributed by atoms with van der Waals surface area (Å²) in [5, 5.41) is 15.2. The summed E-state index contributed by atoms with van der Waals surface area (Å²) >= 11 is 0. The second-order valence-electron chi connectivity index (χ2n) is 8.39. The van der Waals surface area contributed by atoms with Crippen LogP contribution in [0.2, 0.25) is 0 Å². The predicted octanol–water partition coefficient (Wildman–Crippen LogP) is -0.0869. The fourth-order valence-electron chi connectivity index (χ4n) is 2.92. The van der Waals surface area contributed by atoms with E-state index in [9.17, 15) is 14.4 Å². The van der Waals surface area contributed by atoms with E-state index in [0.717, 1.165) is 69.4 Å². The Morgan fingerprint density at radius 3 is 1.59 bits per heavy atom. The van der Waals surface area contributed by atoms with Crippen molar-refractivity contribution in [1.82, 2.24) is 26.6 Å². The first-order valence-electron chi connectivity index (χ1n) is 11.6. The van der Waals surface area contributed by atoms with Crippen molar-refractivity contribution in [3.8, 4) is 0 Å². The predicted molar refractivity (Wildman–Crippen MR) is 130 cm³/mol. The first kappa shape index (κ1) is 29.8. The van der Waals surface area contributed by atoms with Gasteiger partial charge in [0.25, 0.3) is 0 Å². The van der Waals surface area contributed by atoms with Crippen LogP contribution in [0.3, 0.4) is 0 Å². The Morgan fingerprint density at radius 2 is 1.09 bits per heavy atom. The highest BCUT2D eigenvalue weighted by molar-refractivity contribution is 5.87. The van der Waals surface area contributed by atoms with Crippen LogP contribution in [-0.2, 0) is 14.4 Å². The van der Waals surface area contributed by atoms with Gasteiger partial charge in [0.1, 0.15) is 0 Å². The zero-order valence-corrected chi connectivity index (χ0v) is 20.1. The van der Waals surface area contributed by atoms with Crippen LogP contribution in [0.5, 0.6) is 0 Å². The average Bonchev–Trinajstić information content (AvgIpc) is 2.78. The van der Waals surface area contributed by atoms with Crippen molar-refractivity contribution < 1.29 is 18.9 Å². The Balaban J connectivity index is 3.48. The first-order valence-corrected chi connectivity index (χ1v) is 11.6. The first-order chi connectivity index (χ1) is 15.3. The molecule has 3 amide bonds. The van der Waals surface area contributed by atoms with Crippen LogP contribution in [0.15, 0.2) is 25.3 Å². The van der Waals surface area contributed by atoms with Gasteiger partial charge in [-0.3, -0.25) is 14.4 Å². The summed E-state index contributed by atoms with van der Waals surface area (Å²) < 4.78 is 0.746. The molecule has 0 aliphatic carbocycles. The van der Waals surface area contributed by atoms with Gasteiger partial charge in [-0.25, -0.2) is 0 Å². The summed E-state index contributed by atoms with van der Waals surface area (Å²) in [7, 11) is 4.20. The fourth-order valence-corrected chi connectivity index (χ4v) is 2.92. The van der Waals surface area contributed by atoms with Gasteiger partial charge in [0.15, 0.2) is 0 Å². The van der Waals surface area contributed by atoms with Crippen LogP contribution >= 0.6 is 0 Å². The van der Waals surface area contributed by atoms with Crippen molar-refractivity contribution in [2.45, 2.75) is 32.1 Å². The normalized spacial score (nSPS) is 10.9. The summed E-state index contributed by atoms with van der Waals surface area (Å²) in [5.74, 6) is -0.190. The lowest BCUT2D eigenvalue weighted by Crippen LogP contribution is -2.44. The molecule has 5 N–H and O–H groups in total. The zero-order chi connectivity index (χ0) is 24.1. The zero-order valence-electron chi connectivity index (χ0n) is 20.1. The third-order valence-electron chi connectivity index (χ3n) is 4.94. The molecule has 9 heteroatoms.